The summed E-state index contributed by atoms with van der Waals surface area (Å²) in [5.41, 5.74) is 0.542. The highest BCUT2D eigenvalue weighted by atomic mass is 16.3. The van der Waals surface area contributed by atoms with Crippen molar-refractivity contribution in [1.82, 2.24) is 0 Å². The van der Waals surface area contributed by atoms with E-state index < -0.39 is 0 Å². The average molecular weight is 316 g/mol. The maximum Gasteiger partial charge on any atom is 0.111 e. The van der Waals surface area contributed by atoms with Crippen LogP contribution in [0.5, 0.6) is 0 Å². The maximum absolute atomic E-state index is 10.7. The highest BCUT2D eigenvalue weighted by Gasteiger charge is 2.60. The van der Waals surface area contributed by atoms with E-state index in [1.54, 1.807) is 0 Å². The van der Waals surface area contributed by atoms with Gasteiger partial charge < -0.3 is 10.2 Å². The lowest BCUT2D eigenvalue weighted by molar-refractivity contribution is -0.0692. The third-order valence-electron chi connectivity index (χ3n) is 8.52. The summed E-state index contributed by atoms with van der Waals surface area (Å²) in [4.78, 5) is 0. The number of hydrogen-bond acceptors (Lipinski definition) is 2. The minimum absolute atomic E-state index is 0.0925. The lowest BCUT2D eigenvalue weighted by Gasteiger charge is -2.58. The molecule has 2 nitrogen and oxygen atoms in total. The van der Waals surface area contributed by atoms with E-state index in [9.17, 15) is 10.2 Å². The molecular weight excluding hydrogens is 284 g/mol. The molecule has 3 saturated carbocycles. The van der Waals surface area contributed by atoms with Crippen molar-refractivity contribution < 1.29 is 10.2 Å². The number of fused-ring (bicyclic) bond motifs is 5. The first-order valence-corrected chi connectivity index (χ1v) is 9.68. The van der Waals surface area contributed by atoms with E-state index in [1.165, 1.54) is 25.7 Å². The zero-order chi connectivity index (χ0) is 16.4. The van der Waals surface area contributed by atoms with Crippen LogP contribution in [0.4, 0.5) is 0 Å². The van der Waals surface area contributed by atoms with E-state index in [0.29, 0.717) is 34.8 Å². The van der Waals surface area contributed by atoms with Gasteiger partial charge in [0.25, 0.3) is 0 Å². The van der Waals surface area contributed by atoms with Crippen molar-refractivity contribution in [3.8, 4) is 0 Å². The Balaban J connectivity index is 1.67. The molecule has 4 aliphatic rings. The smallest absolute Gasteiger partial charge is 0.111 e. The fraction of sp³-hybridized carbons (Fsp3) is 0.810. The highest BCUT2D eigenvalue weighted by molar-refractivity contribution is 5.27. The van der Waals surface area contributed by atoms with Gasteiger partial charge in [0.1, 0.15) is 5.76 Å². The first kappa shape index (κ1) is 15.7. The van der Waals surface area contributed by atoms with E-state index >= 15 is 0 Å². The maximum atomic E-state index is 10.7. The van der Waals surface area contributed by atoms with Crippen LogP contribution in [0.2, 0.25) is 0 Å². The second kappa shape index (κ2) is 5.12. The van der Waals surface area contributed by atoms with Crippen molar-refractivity contribution in [3.63, 3.8) is 0 Å². The molecule has 2 N–H and O–H groups in total. The predicted octanol–water partition coefficient (Wildman–Crippen LogP) is 4.85. The quantitative estimate of drug-likeness (QED) is 0.725. The number of aliphatic hydroxyl groups excluding tert-OH is 2. The molecule has 128 valence electrons. The summed E-state index contributed by atoms with van der Waals surface area (Å²) < 4.78 is 0. The van der Waals surface area contributed by atoms with Crippen molar-refractivity contribution >= 4 is 0 Å². The van der Waals surface area contributed by atoms with Crippen LogP contribution in [-0.2, 0) is 0 Å². The van der Waals surface area contributed by atoms with Crippen LogP contribution >= 0.6 is 0 Å². The van der Waals surface area contributed by atoms with Gasteiger partial charge in [-0.25, -0.2) is 0 Å². The molecule has 2 heteroatoms. The first-order valence-electron chi connectivity index (χ1n) is 9.68. The Bertz CT molecular complexity index is 550. The van der Waals surface area contributed by atoms with Crippen LogP contribution in [0, 0.1) is 40.4 Å². The van der Waals surface area contributed by atoms with E-state index in [0.717, 1.165) is 18.8 Å². The summed E-state index contributed by atoms with van der Waals surface area (Å²) >= 11 is 0. The summed E-state index contributed by atoms with van der Waals surface area (Å²) in [7, 11) is 0. The SMILES string of the molecule is CC[C@H]1[C@H](O)C[C@H]2[C@@H]3CCC4C=C(O)C=C[C@]4(C)[C@H]3CC[C@@]21C. The molecule has 8 atom stereocenters. The second-order valence-corrected chi connectivity index (χ2v) is 9.21. The molecule has 0 aromatic heterocycles. The third kappa shape index (κ3) is 2.03. The Hall–Kier alpha value is -0.760. The average Bonchev–Trinajstić information content (AvgIpc) is 2.77. The molecule has 3 fully saturated rings. The van der Waals surface area contributed by atoms with Crippen molar-refractivity contribution in [1.29, 1.82) is 0 Å². The van der Waals surface area contributed by atoms with Crippen LogP contribution < -0.4 is 0 Å². The standard InChI is InChI=1S/C21H32O2/c1-4-16-19(23)12-18-15-6-5-13-11-14(22)7-9-20(13,2)17(15)8-10-21(16,18)3/h7,9,11,13,15-19,22-23H,4-6,8,10,12H2,1-3H3/t13?,15-,16+,17+,18+,19-,20+,21-/m1/s1. The summed E-state index contributed by atoms with van der Waals surface area (Å²) in [5, 5.41) is 20.5. The summed E-state index contributed by atoms with van der Waals surface area (Å²) in [6.07, 6.45) is 13.4. The minimum atomic E-state index is -0.0925. The minimum Gasteiger partial charge on any atom is -0.508 e. The van der Waals surface area contributed by atoms with Gasteiger partial charge in [-0.15, -0.1) is 0 Å². The molecule has 23 heavy (non-hydrogen) atoms. The van der Waals surface area contributed by atoms with Gasteiger partial charge in [-0.05, 0) is 84.7 Å². The largest absolute Gasteiger partial charge is 0.508 e. The van der Waals surface area contributed by atoms with Gasteiger partial charge in [0.05, 0.1) is 6.10 Å². The lowest BCUT2D eigenvalue weighted by Crippen LogP contribution is -2.51. The van der Waals surface area contributed by atoms with Crippen LogP contribution in [-0.4, -0.2) is 16.3 Å². The van der Waals surface area contributed by atoms with Crippen LogP contribution in [0.1, 0.15) is 59.3 Å². The van der Waals surface area contributed by atoms with E-state index in [2.05, 4.69) is 32.9 Å². The van der Waals surface area contributed by atoms with Crippen LogP contribution in [0.3, 0.4) is 0 Å². The van der Waals surface area contributed by atoms with Gasteiger partial charge in [0, 0.05) is 0 Å². The molecule has 0 amide bonds. The van der Waals surface area contributed by atoms with Gasteiger partial charge in [-0.3, -0.25) is 0 Å². The Labute approximate surface area is 140 Å². The molecule has 1 unspecified atom stereocenters. The third-order valence-corrected chi connectivity index (χ3v) is 8.52. The fourth-order valence-electron chi connectivity index (χ4n) is 7.31. The van der Waals surface area contributed by atoms with Gasteiger partial charge in [-0.1, -0.05) is 33.3 Å². The van der Waals surface area contributed by atoms with Crippen molar-refractivity contribution in [2.75, 3.05) is 0 Å². The molecule has 4 rings (SSSR count). The van der Waals surface area contributed by atoms with Gasteiger partial charge in [0.2, 0.25) is 0 Å². The highest BCUT2D eigenvalue weighted by Crippen LogP contribution is 2.66. The van der Waals surface area contributed by atoms with E-state index in [4.69, 9.17) is 0 Å². The Morgan fingerprint density at radius 2 is 1.96 bits per heavy atom. The lowest BCUT2D eigenvalue weighted by atomic mass is 9.46. The topological polar surface area (TPSA) is 40.5 Å². The van der Waals surface area contributed by atoms with Gasteiger partial charge in [-0.2, -0.15) is 0 Å². The Morgan fingerprint density at radius 1 is 1.17 bits per heavy atom. The summed E-state index contributed by atoms with van der Waals surface area (Å²) in [5.74, 6) is 3.58. The Kier molecular flexibility index (Phi) is 3.50. The molecule has 0 bridgehead atoms. The molecule has 0 saturated heterocycles. The molecule has 4 aliphatic carbocycles. The van der Waals surface area contributed by atoms with Crippen molar-refractivity contribution in [2.24, 2.45) is 40.4 Å². The fourth-order valence-corrected chi connectivity index (χ4v) is 7.31. The number of aliphatic hydroxyl groups is 2. The number of allylic oxidation sites excluding steroid dienone is 3. The van der Waals surface area contributed by atoms with Crippen molar-refractivity contribution in [2.45, 2.75) is 65.4 Å². The van der Waals surface area contributed by atoms with Gasteiger partial charge in [0.15, 0.2) is 0 Å². The monoisotopic (exact) mass is 316 g/mol. The summed E-state index contributed by atoms with van der Waals surface area (Å²) in [6, 6.07) is 0. The Morgan fingerprint density at radius 3 is 2.70 bits per heavy atom. The normalized spacial score (nSPS) is 54.9. The summed E-state index contributed by atoms with van der Waals surface area (Å²) in [6.45, 7) is 7.14. The number of rotatable bonds is 1. The molecule has 0 aromatic carbocycles. The van der Waals surface area contributed by atoms with Crippen molar-refractivity contribution in [3.05, 3.63) is 24.0 Å². The van der Waals surface area contributed by atoms with Gasteiger partial charge >= 0.3 is 0 Å². The zero-order valence-corrected chi connectivity index (χ0v) is 14.8. The van der Waals surface area contributed by atoms with Crippen LogP contribution in [0.25, 0.3) is 0 Å². The number of hydrogen-bond donors (Lipinski definition) is 2. The zero-order valence-electron chi connectivity index (χ0n) is 14.8. The van der Waals surface area contributed by atoms with E-state index in [-0.39, 0.29) is 11.5 Å². The van der Waals surface area contributed by atoms with E-state index in [1.807, 2.05) is 6.08 Å². The molecule has 0 aromatic rings. The first-order chi connectivity index (χ1) is 10.9. The predicted molar refractivity (Wildman–Crippen MR) is 92.9 cm³/mol. The molecular formula is C21H32O2. The second-order valence-electron chi connectivity index (χ2n) is 9.21. The molecule has 0 spiro atoms. The molecule has 0 heterocycles. The van der Waals surface area contributed by atoms with Crippen LogP contribution in [0.15, 0.2) is 24.0 Å². The molecule has 0 aliphatic heterocycles. The molecule has 0 radical (unpaired) electrons.